The monoisotopic (exact) mass is 348 g/mol. The maximum absolute atomic E-state index is 11.9. The molecule has 1 aromatic carbocycles. The number of rotatable bonds is 6. The van der Waals surface area contributed by atoms with Crippen molar-refractivity contribution in [2.75, 3.05) is 16.0 Å². The van der Waals surface area contributed by atoms with E-state index in [1.807, 2.05) is 4.72 Å². The fraction of sp³-hybridized carbons (Fsp3) is 0.250. The molecule has 0 bridgehead atoms. The van der Waals surface area contributed by atoms with Crippen molar-refractivity contribution < 1.29 is 30.0 Å². The molecule has 21 heavy (non-hydrogen) atoms. The third kappa shape index (κ3) is 7.69. The van der Waals surface area contributed by atoms with Crippen LogP contribution in [0.5, 0.6) is 0 Å². The Kier molecular flexibility index (Phi) is 5.03. The third-order valence-corrected chi connectivity index (χ3v) is 3.39. The molecule has 1 aromatic rings. The summed E-state index contributed by atoms with van der Waals surface area (Å²) in [5, 5.41) is 4.73. The summed E-state index contributed by atoms with van der Waals surface area (Å²) in [6, 6.07) is 4.79. The summed E-state index contributed by atoms with van der Waals surface area (Å²) in [5.41, 5.74) is -0.216. The Morgan fingerprint density at radius 2 is 1.57 bits per heavy atom. The molecule has 0 aromatic heterocycles. The number of hydrogen-bond donors (Lipinski definition) is 4. The van der Waals surface area contributed by atoms with Crippen molar-refractivity contribution in [3.05, 3.63) is 24.3 Å². The van der Waals surface area contributed by atoms with E-state index in [9.17, 15) is 30.0 Å². The Labute approximate surface area is 118 Å². The van der Waals surface area contributed by atoms with Crippen LogP contribution in [0.15, 0.2) is 24.3 Å². The van der Waals surface area contributed by atoms with E-state index in [0.29, 0.717) is 0 Å². The van der Waals surface area contributed by atoms with E-state index in [2.05, 4.69) is 0 Å². The second-order valence-corrected chi connectivity index (χ2v) is 6.56. The molecule has 0 fully saturated rings. The molecule has 0 aliphatic carbocycles. The summed E-state index contributed by atoms with van der Waals surface area (Å²) in [7, 11) is -8.52. The van der Waals surface area contributed by atoms with Crippen molar-refractivity contribution in [1.82, 2.24) is 4.72 Å². The number of nitrogens with two attached hydrogens (primary N) is 1. The maximum atomic E-state index is 11.9. The number of halogens is 3. The van der Waals surface area contributed by atoms with Crippen LogP contribution in [0.2, 0.25) is 0 Å². The molecule has 0 saturated carbocycles. The molecule has 0 spiro atoms. The zero-order valence-corrected chi connectivity index (χ0v) is 11.8. The summed E-state index contributed by atoms with van der Waals surface area (Å²) in [6.45, 7) is -1.74. The van der Waals surface area contributed by atoms with Crippen molar-refractivity contribution >= 4 is 31.8 Å². The average molecular weight is 348 g/mol. The van der Waals surface area contributed by atoms with Crippen molar-refractivity contribution in [2.24, 2.45) is 5.14 Å². The Balaban J connectivity index is 2.81. The Morgan fingerprint density at radius 3 is 2.05 bits per heavy atom. The van der Waals surface area contributed by atoms with Gasteiger partial charge in [-0.2, -0.15) is 34.7 Å². The van der Waals surface area contributed by atoms with Gasteiger partial charge in [0.1, 0.15) is 6.54 Å². The SMILES string of the molecule is NS(=O)(=O)Nc1cccc(NS(=O)(=O)NCC(F)(F)F)c1. The fourth-order valence-corrected chi connectivity index (χ4v) is 2.50. The predicted octanol–water partition coefficient (Wildman–Crippen LogP) is 0.111. The minimum absolute atomic E-state index is 0.0616. The highest BCUT2D eigenvalue weighted by Gasteiger charge is 2.29. The van der Waals surface area contributed by atoms with E-state index in [1.54, 1.807) is 4.72 Å². The number of alkyl halides is 3. The Morgan fingerprint density at radius 1 is 1.05 bits per heavy atom. The highest BCUT2D eigenvalue weighted by Crippen LogP contribution is 2.17. The van der Waals surface area contributed by atoms with Gasteiger partial charge in [-0.25, -0.2) is 5.14 Å². The molecule has 0 heterocycles. The van der Waals surface area contributed by atoms with Gasteiger partial charge in [-0.1, -0.05) is 6.07 Å². The van der Waals surface area contributed by atoms with Crippen LogP contribution in [-0.4, -0.2) is 29.6 Å². The van der Waals surface area contributed by atoms with Crippen LogP contribution < -0.4 is 19.3 Å². The van der Waals surface area contributed by atoms with Gasteiger partial charge in [0.2, 0.25) is 0 Å². The van der Waals surface area contributed by atoms with Crippen molar-refractivity contribution in [3.63, 3.8) is 0 Å². The van der Waals surface area contributed by atoms with Crippen molar-refractivity contribution in [3.8, 4) is 0 Å². The third-order valence-electron chi connectivity index (χ3n) is 1.84. The van der Waals surface area contributed by atoms with E-state index >= 15 is 0 Å². The largest absolute Gasteiger partial charge is 0.402 e. The molecule has 0 radical (unpaired) electrons. The molecule has 120 valence electrons. The molecule has 0 aliphatic heterocycles. The summed E-state index contributed by atoms with van der Waals surface area (Å²) in [6.07, 6.45) is -4.70. The van der Waals surface area contributed by atoms with Crippen LogP contribution in [-0.2, 0) is 20.4 Å². The Bertz CT molecular complexity index is 702. The van der Waals surface area contributed by atoms with Gasteiger partial charge in [0.25, 0.3) is 20.4 Å². The molecule has 8 nitrogen and oxygen atoms in total. The van der Waals surface area contributed by atoms with Gasteiger partial charge in [-0.05, 0) is 18.2 Å². The van der Waals surface area contributed by atoms with E-state index in [1.165, 1.54) is 22.9 Å². The minimum atomic E-state index is -4.70. The molecule has 0 aliphatic rings. The van der Waals surface area contributed by atoms with Gasteiger partial charge < -0.3 is 0 Å². The average Bonchev–Trinajstić information content (AvgIpc) is 2.23. The van der Waals surface area contributed by atoms with Crippen molar-refractivity contribution in [2.45, 2.75) is 6.18 Å². The Hall–Kier alpha value is -1.57. The van der Waals surface area contributed by atoms with Crippen molar-refractivity contribution in [1.29, 1.82) is 0 Å². The fourth-order valence-electron chi connectivity index (χ4n) is 1.18. The molecule has 13 heteroatoms. The van der Waals surface area contributed by atoms with Crippen LogP contribution in [0.4, 0.5) is 24.5 Å². The van der Waals surface area contributed by atoms with Crippen LogP contribution in [0.3, 0.4) is 0 Å². The van der Waals surface area contributed by atoms with Gasteiger partial charge in [-0.15, -0.1) is 0 Å². The number of hydrogen-bond acceptors (Lipinski definition) is 4. The first-order valence-electron chi connectivity index (χ1n) is 5.11. The lowest BCUT2D eigenvalue weighted by Gasteiger charge is -2.12. The number of anilines is 2. The second kappa shape index (κ2) is 6.05. The highest BCUT2D eigenvalue weighted by molar-refractivity contribution is 7.91. The quantitative estimate of drug-likeness (QED) is 0.581. The molecule has 5 N–H and O–H groups in total. The number of benzene rings is 1. The lowest BCUT2D eigenvalue weighted by Crippen LogP contribution is -2.37. The minimum Gasteiger partial charge on any atom is -0.271 e. The molecule has 0 unspecified atom stereocenters. The lowest BCUT2D eigenvalue weighted by atomic mass is 10.3. The summed E-state index contributed by atoms with van der Waals surface area (Å²) >= 11 is 0. The predicted molar refractivity (Wildman–Crippen MR) is 69.8 cm³/mol. The maximum Gasteiger partial charge on any atom is 0.402 e. The van der Waals surface area contributed by atoms with Crippen LogP contribution in [0, 0.1) is 0 Å². The van der Waals surface area contributed by atoms with Gasteiger partial charge >= 0.3 is 6.18 Å². The second-order valence-electron chi connectivity index (χ2n) is 3.77. The standard InChI is InChI=1S/C8H11F3N4O4S2/c9-8(10,11)5-13-21(18,19)15-7-3-1-2-6(4-7)14-20(12,16)17/h1-4,13-15H,5H2,(H2,12,16,17). The normalized spacial score (nSPS) is 13.0. The number of nitrogens with one attached hydrogen (secondary N) is 3. The highest BCUT2D eigenvalue weighted by atomic mass is 32.2. The van der Waals surface area contributed by atoms with E-state index in [4.69, 9.17) is 5.14 Å². The van der Waals surface area contributed by atoms with Crippen LogP contribution in [0.25, 0.3) is 0 Å². The first-order valence-corrected chi connectivity index (χ1v) is 8.14. The van der Waals surface area contributed by atoms with Gasteiger partial charge in [0.15, 0.2) is 0 Å². The van der Waals surface area contributed by atoms with Gasteiger partial charge in [0, 0.05) is 0 Å². The molecule has 0 saturated heterocycles. The molecular formula is C8H11F3N4O4S2. The molecular weight excluding hydrogens is 337 g/mol. The summed E-state index contributed by atoms with van der Waals surface area (Å²) in [5.74, 6) is 0. The molecule has 0 amide bonds. The summed E-state index contributed by atoms with van der Waals surface area (Å²) < 4.78 is 85.1. The van der Waals surface area contributed by atoms with E-state index < -0.39 is 33.1 Å². The van der Waals surface area contributed by atoms with E-state index in [-0.39, 0.29) is 11.4 Å². The first-order chi connectivity index (χ1) is 9.36. The van der Waals surface area contributed by atoms with Gasteiger partial charge in [0.05, 0.1) is 11.4 Å². The topological polar surface area (TPSA) is 130 Å². The zero-order chi connectivity index (χ0) is 16.3. The smallest absolute Gasteiger partial charge is 0.271 e. The van der Waals surface area contributed by atoms with Gasteiger partial charge in [-0.3, -0.25) is 9.44 Å². The molecule has 0 atom stereocenters. The summed E-state index contributed by atoms with van der Waals surface area (Å²) in [4.78, 5) is 0. The van der Waals surface area contributed by atoms with Crippen LogP contribution in [0.1, 0.15) is 0 Å². The lowest BCUT2D eigenvalue weighted by molar-refractivity contribution is -0.121. The van der Waals surface area contributed by atoms with E-state index in [0.717, 1.165) is 6.07 Å². The first kappa shape index (κ1) is 17.5. The van der Waals surface area contributed by atoms with Crippen LogP contribution >= 0.6 is 0 Å². The molecule has 1 rings (SSSR count). The zero-order valence-electron chi connectivity index (χ0n) is 10.2.